The number of imidazole rings is 1. The SMILES string of the molecule is CCCn1cc(-c2cnc(-n3ccnc3)cc2NC2CCOCC2)nn1. The second-order valence-electron chi connectivity index (χ2n) is 6.46. The molecule has 0 amide bonds. The molecule has 8 nitrogen and oxygen atoms in total. The third-order valence-corrected chi connectivity index (χ3v) is 4.51. The Hall–Kier alpha value is -2.74. The third kappa shape index (κ3) is 3.60. The third-order valence-electron chi connectivity index (χ3n) is 4.51. The van der Waals surface area contributed by atoms with Gasteiger partial charge in [0.2, 0.25) is 0 Å². The minimum Gasteiger partial charge on any atom is -0.381 e. The normalized spacial score (nSPS) is 15.3. The van der Waals surface area contributed by atoms with Crippen molar-refractivity contribution in [1.29, 1.82) is 0 Å². The van der Waals surface area contributed by atoms with Crippen LogP contribution in [0, 0.1) is 0 Å². The Balaban J connectivity index is 1.68. The van der Waals surface area contributed by atoms with E-state index in [-0.39, 0.29) is 0 Å². The van der Waals surface area contributed by atoms with Crippen LogP contribution >= 0.6 is 0 Å². The highest BCUT2D eigenvalue weighted by atomic mass is 16.5. The zero-order chi connectivity index (χ0) is 17.8. The molecule has 3 aromatic heterocycles. The van der Waals surface area contributed by atoms with E-state index < -0.39 is 0 Å². The van der Waals surface area contributed by atoms with Crippen LogP contribution in [0.1, 0.15) is 26.2 Å². The standard InChI is InChI=1S/C18H23N7O/c1-2-6-25-12-17(22-23-25)15-11-20-18(24-7-5-19-13-24)10-16(15)21-14-3-8-26-9-4-14/h5,7,10-14H,2-4,6,8-9H2,1H3,(H,20,21). The number of anilines is 1. The van der Waals surface area contributed by atoms with Gasteiger partial charge in [-0.2, -0.15) is 0 Å². The number of aromatic nitrogens is 6. The molecule has 0 spiro atoms. The van der Waals surface area contributed by atoms with Crippen LogP contribution < -0.4 is 5.32 Å². The second-order valence-corrected chi connectivity index (χ2v) is 6.46. The van der Waals surface area contributed by atoms with Gasteiger partial charge in [-0.15, -0.1) is 5.10 Å². The van der Waals surface area contributed by atoms with Gasteiger partial charge in [-0.1, -0.05) is 12.1 Å². The molecule has 0 atom stereocenters. The van der Waals surface area contributed by atoms with Gasteiger partial charge in [0.25, 0.3) is 0 Å². The van der Waals surface area contributed by atoms with Crippen molar-refractivity contribution in [3.05, 3.63) is 37.2 Å². The predicted octanol–water partition coefficient (Wildman–Crippen LogP) is 2.53. The Morgan fingerprint density at radius 2 is 2.19 bits per heavy atom. The minimum atomic E-state index is 0.381. The van der Waals surface area contributed by atoms with Gasteiger partial charge in [-0.05, 0) is 19.3 Å². The molecule has 0 radical (unpaired) electrons. The summed E-state index contributed by atoms with van der Waals surface area (Å²) in [7, 11) is 0. The summed E-state index contributed by atoms with van der Waals surface area (Å²) in [5.41, 5.74) is 2.81. The Morgan fingerprint density at radius 3 is 2.96 bits per heavy atom. The summed E-state index contributed by atoms with van der Waals surface area (Å²) < 4.78 is 9.24. The summed E-state index contributed by atoms with van der Waals surface area (Å²) in [6.45, 7) is 4.56. The van der Waals surface area contributed by atoms with Crippen molar-refractivity contribution in [2.75, 3.05) is 18.5 Å². The molecular formula is C18H23N7O. The first kappa shape index (κ1) is 16.7. The topological polar surface area (TPSA) is 82.7 Å². The van der Waals surface area contributed by atoms with E-state index >= 15 is 0 Å². The van der Waals surface area contributed by atoms with Gasteiger partial charge in [-0.25, -0.2) is 9.97 Å². The molecule has 0 aliphatic carbocycles. The summed E-state index contributed by atoms with van der Waals surface area (Å²) >= 11 is 0. The van der Waals surface area contributed by atoms with E-state index in [4.69, 9.17) is 4.74 Å². The quantitative estimate of drug-likeness (QED) is 0.733. The lowest BCUT2D eigenvalue weighted by Gasteiger charge is -2.25. The molecule has 4 heterocycles. The number of hydrogen-bond acceptors (Lipinski definition) is 6. The molecular weight excluding hydrogens is 330 g/mol. The van der Waals surface area contributed by atoms with Crippen molar-refractivity contribution in [3.63, 3.8) is 0 Å². The van der Waals surface area contributed by atoms with E-state index in [2.05, 4.69) is 32.5 Å². The molecule has 1 N–H and O–H groups in total. The maximum Gasteiger partial charge on any atom is 0.139 e. The predicted molar refractivity (Wildman–Crippen MR) is 98.1 cm³/mol. The molecule has 1 aliphatic heterocycles. The van der Waals surface area contributed by atoms with Crippen LogP contribution in [-0.4, -0.2) is 48.8 Å². The number of hydrogen-bond donors (Lipinski definition) is 1. The highest BCUT2D eigenvalue weighted by molar-refractivity contribution is 5.75. The van der Waals surface area contributed by atoms with Crippen LogP contribution in [0.4, 0.5) is 5.69 Å². The van der Waals surface area contributed by atoms with Crippen LogP contribution in [0.2, 0.25) is 0 Å². The largest absolute Gasteiger partial charge is 0.381 e. The average Bonchev–Trinajstić information content (AvgIpc) is 3.35. The molecule has 8 heteroatoms. The Labute approximate surface area is 152 Å². The highest BCUT2D eigenvalue weighted by Crippen LogP contribution is 2.29. The molecule has 4 rings (SSSR count). The molecule has 26 heavy (non-hydrogen) atoms. The maximum absolute atomic E-state index is 5.47. The molecule has 1 fully saturated rings. The van der Waals surface area contributed by atoms with Gasteiger partial charge in [0.05, 0.1) is 6.20 Å². The molecule has 136 valence electrons. The molecule has 0 saturated carbocycles. The zero-order valence-corrected chi connectivity index (χ0v) is 14.9. The minimum absolute atomic E-state index is 0.381. The highest BCUT2D eigenvalue weighted by Gasteiger charge is 2.18. The molecule has 1 aliphatic rings. The summed E-state index contributed by atoms with van der Waals surface area (Å²) in [6, 6.07) is 2.43. The van der Waals surface area contributed by atoms with E-state index in [9.17, 15) is 0 Å². The van der Waals surface area contributed by atoms with Crippen molar-refractivity contribution in [3.8, 4) is 17.1 Å². The van der Waals surface area contributed by atoms with Crippen LogP contribution in [0.5, 0.6) is 0 Å². The van der Waals surface area contributed by atoms with Crippen LogP contribution in [0.25, 0.3) is 17.1 Å². The first-order chi connectivity index (χ1) is 12.8. The van der Waals surface area contributed by atoms with Gasteiger partial charge >= 0.3 is 0 Å². The first-order valence-corrected chi connectivity index (χ1v) is 9.06. The molecule has 0 bridgehead atoms. The first-order valence-electron chi connectivity index (χ1n) is 9.06. The Bertz CT molecular complexity index is 837. The molecule has 0 aromatic carbocycles. The molecule has 3 aromatic rings. The van der Waals surface area contributed by atoms with E-state index in [0.717, 1.165) is 61.8 Å². The van der Waals surface area contributed by atoms with Crippen LogP contribution in [-0.2, 0) is 11.3 Å². The second kappa shape index (κ2) is 7.65. The fraction of sp³-hybridized carbons (Fsp3) is 0.444. The summed E-state index contributed by atoms with van der Waals surface area (Å²) in [6.07, 6.45) is 12.2. The van der Waals surface area contributed by atoms with Crippen molar-refractivity contribution >= 4 is 5.69 Å². The van der Waals surface area contributed by atoms with Crippen molar-refractivity contribution in [2.24, 2.45) is 0 Å². The number of ether oxygens (including phenoxy) is 1. The number of nitrogens with zero attached hydrogens (tertiary/aromatic N) is 6. The fourth-order valence-corrected chi connectivity index (χ4v) is 3.13. The van der Waals surface area contributed by atoms with Crippen LogP contribution in [0.3, 0.4) is 0 Å². The lowest BCUT2D eigenvalue weighted by molar-refractivity contribution is 0.0904. The number of aryl methyl sites for hydroxylation is 1. The van der Waals surface area contributed by atoms with Gasteiger partial charge < -0.3 is 10.1 Å². The number of rotatable bonds is 6. The maximum atomic E-state index is 5.47. The lowest BCUT2D eigenvalue weighted by atomic mass is 10.1. The Morgan fingerprint density at radius 1 is 1.31 bits per heavy atom. The Kier molecular flexibility index (Phi) is 4.92. The average molecular weight is 353 g/mol. The molecule has 1 saturated heterocycles. The monoisotopic (exact) mass is 353 g/mol. The van der Waals surface area contributed by atoms with Gasteiger partial charge in [0.1, 0.15) is 17.8 Å². The molecule has 0 unspecified atom stereocenters. The van der Waals surface area contributed by atoms with Crippen molar-refractivity contribution in [2.45, 2.75) is 38.8 Å². The van der Waals surface area contributed by atoms with Gasteiger partial charge in [-0.3, -0.25) is 9.25 Å². The van der Waals surface area contributed by atoms with Gasteiger partial charge in [0, 0.05) is 61.7 Å². The zero-order valence-electron chi connectivity index (χ0n) is 14.9. The number of nitrogens with one attached hydrogen (secondary N) is 1. The lowest BCUT2D eigenvalue weighted by Crippen LogP contribution is -2.28. The van der Waals surface area contributed by atoms with E-state index in [1.54, 1.807) is 12.5 Å². The van der Waals surface area contributed by atoms with Crippen LogP contribution in [0.15, 0.2) is 37.2 Å². The summed E-state index contributed by atoms with van der Waals surface area (Å²) in [5.74, 6) is 0.821. The van der Waals surface area contributed by atoms with Crippen molar-refractivity contribution in [1.82, 2.24) is 29.5 Å². The van der Waals surface area contributed by atoms with Crippen molar-refractivity contribution < 1.29 is 4.74 Å². The van der Waals surface area contributed by atoms with Gasteiger partial charge in [0.15, 0.2) is 0 Å². The summed E-state index contributed by atoms with van der Waals surface area (Å²) in [4.78, 5) is 8.70. The fourth-order valence-electron chi connectivity index (χ4n) is 3.13. The summed E-state index contributed by atoms with van der Waals surface area (Å²) in [5, 5.41) is 12.2. The van der Waals surface area contributed by atoms with E-state index in [0.29, 0.717) is 6.04 Å². The smallest absolute Gasteiger partial charge is 0.139 e. The van der Waals surface area contributed by atoms with E-state index in [1.165, 1.54) is 0 Å². The van der Waals surface area contributed by atoms with E-state index in [1.807, 2.05) is 33.9 Å². The number of pyridine rings is 1.